The van der Waals surface area contributed by atoms with Gasteiger partial charge in [0.15, 0.2) is 17.4 Å². The van der Waals surface area contributed by atoms with E-state index >= 15 is 0 Å². The van der Waals surface area contributed by atoms with Crippen LogP contribution >= 0.6 is 0 Å². The van der Waals surface area contributed by atoms with Gasteiger partial charge in [0.1, 0.15) is 23.8 Å². The number of ether oxygens (including phenoxy) is 1. The van der Waals surface area contributed by atoms with E-state index < -0.39 is 24.0 Å². The lowest BCUT2D eigenvalue weighted by Crippen LogP contribution is -2.46. The Morgan fingerprint density at radius 3 is 2.37 bits per heavy atom. The number of nitrogen functional groups attached to an aromatic ring is 1. The van der Waals surface area contributed by atoms with Crippen LogP contribution in [0.3, 0.4) is 0 Å². The number of piperidine rings is 2. The summed E-state index contributed by atoms with van der Waals surface area (Å²) in [5.74, 6) is 0.555. The summed E-state index contributed by atoms with van der Waals surface area (Å²) in [6.45, 7) is 11.5. The van der Waals surface area contributed by atoms with Gasteiger partial charge in [0.25, 0.3) is 0 Å². The number of carbonyl (C=O) groups is 2. The number of carbonyl (C=O) groups excluding carboxylic acids is 1. The molecule has 0 bridgehead atoms. The molecule has 7 heterocycles. The van der Waals surface area contributed by atoms with Crippen molar-refractivity contribution in [2.75, 3.05) is 85.9 Å². The maximum atomic E-state index is 13.6. The quantitative estimate of drug-likeness (QED) is 0.161. The average Bonchev–Trinajstić information content (AvgIpc) is 3.90. The van der Waals surface area contributed by atoms with E-state index in [1.54, 1.807) is 12.1 Å². The number of aliphatic carboxylic acids is 1. The van der Waals surface area contributed by atoms with E-state index in [9.17, 15) is 24.9 Å². The third-order valence-corrected chi connectivity index (χ3v) is 12.6. The van der Waals surface area contributed by atoms with Gasteiger partial charge in [0.05, 0.1) is 17.5 Å². The van der Waals surface area contributed by atoms with Crippen molar-refractivity contribution in [3.63, 3.8) is 0 Å². The Balaban J connectivity index is 0.778. The number of aliphatic hydroxyl groups excluding tert-OH is 1. The number of phenolic OH excluding ortho intramolecular Hbond substituents is 1. The smallest absolute Gasteiger partial charge is 0.326 e. The highest BCUT2D eigenvalue weighted by atomic mass is 16.5. The van der Waals surface area contributed by atoms with Crippen molar-refractivity contribution < 1.29 is 34.2 Å². The number of aromatic nitrogens is 4. The normalized spacial score (nSPS) is 21.5. The van der Waals surface area contributed by atoms with E-state index in [0.717, 1.165) is 96.0 Å². The minimum Gasteiger partial charge on any atom is -0.507 e. The average molecular weight is 825 g/mol. The van der Waals surface area contributed by atoms with Crippen LogP contribution in [-0.2, 0) is 9.59 Å². The molecular weight excluding hydrogens is 769 g/mol. The molecule has 4 aromatic rings. The van der Waals surface area contributed by atoms with Crippen LogP contribution in [0.25, 0.3) is 11.3 Å². The Morgan fingerprint density at radius 2 is 1.65 bits per heavy atom. The number of pyridine rings is 1. The Labute approximate surface area is 349 Å². The number of nitrogens with zero attached hydrogens (tertiary/aromatic N) is 9. The summed E-state index contributed by atoms with van der Waals surface area (Å²) in [4.78, 5) is 40.5. The van der Waals surface area contributed by atoms with Crippen molar-refractivity contribution in [2.24, 2.45) is 11.8 Å². The molecule has 0 radical (unpaired) electrons. The van der Waals surface area contributed by atoms with Crippen LogP contribution in [-0.4, -0.2) is 141 Å². The van der Waals surface area contributed by atoms with Crippen LogP contribution in [0, 0.1) is 11.8 Å². The van der Waals surface area contributed by atoms with Gasteiger partial charge in [0.2, 0.25) is 11.8 Å². The highest BCUT2D eigenvalue weighted by Gasteiger charge is 2.43. The van der Waals surface area contributed by atoms with Gasteiger partial charge in [-0.05, 0) is 61.8 Å². The summed E-state index contributed by atoms with van der Waals surface area (Å²) in [5.41, 5.74) is 9.35. The summed E-state index contributed by atoms with van der Waals surface area (Å²) in [6, 6.07) is 13.8. The van der Waals surface area contributed by atoms with Crippen molar-refractivity contribution in [3.05, 3.63) is 60.5 Å². The lowest BCUT2D eigenvalue weighted by atomic mass is 9.91. The second-order valence-corrected chi connectivity index (χ2v) is 16.9. The van der Waals surface area contributed by atoms with Crippen LogP contribution in [0.15, 0.2) is 59.3 Å². The first-order valence-electron chi connectivity index (χ1n) is 21.2. The van der Waals surface area contributed by atoms with Gasteiger partial charge >= 0.3 is 5.97 Å². The Hall–Kier alpha value is -5.68. The molecule has 4 saturated heterocycles. The predicted molar refractivity (Wildman–Crippen MR) is 225 cm³/mol. The van der Waals surface area contributed by atoms with E-state index in [0.29, 0.717) is 40.5 Å². The monoisotopic (exact) mass is 824 g/mol. The molecule has 1 aromatic carbocycles. The highest BCUT2D eigenvalue weighted by molar-refractivity contribution is 5.89. The number of carboxylic acids is 1. The number of hydrogen-bond donors (Lipinski definition) is 4. The number of aromatic hydroxyl groups is 1. The topological polar surface area (TPSA) is 211 Å². The largest absolute Gasteiger partial charge is 0.507 e. The first kappa shape index (κ1) is 41.1. The zero-order chi connectivity index (χ0) is 41.9. The van der Waals surface area contributed by atoms with Crippen LogP contribution in [0.1, 0.15) is 57.6 Å². The maximum absolute atomic E-state index is 13.6. The first-order chi connectivity index (χ1) is 29.0. The molecule has 320 valence electrons. The van der Waals surface area contributed by atoms with E-state index in [4.69, 9.17) is 15.0 Å². The molecule has 17 nitrogen and oxygen atoms in total. The number of carboxylic acid groups (broad SMARTS) is 1. The number of amides is 1. The van der Waals surface area contributed by atoms with Crippen LogP contribution < -0.4 is 25.2 Å². The van der Waals surface area contributed by atoms with Crippen LogP contribution in [0.5, 0.6) is 11.6 Å². The van der Waals surface area contributed by atoms with Crippen molar-refractivity contribution in [2.45, 2.75) is 70.1 Å². The maximum Gasteiger partial charge on any atom is 0.326 e. The molecule has 0 unspecified atom stereocenters. The molecule has 17 heteroatoms. The van der Waals surface area contributed by atoms with Crippen LogP contribution in [0.4, 0.5) is 23.0 Å². The second kappa shape index (κ2) is 17.9. The number of benzene rings is 1. The Kier molecular flexibility index (Phi) is 12.2. The number of phenols is 1. The molecule has 4 aliphatic rings. The summed E-state index contributed by atoms with van der Waals surface area (Å²) in [7, 11) is 0. The SMILES string of the molecule is CC(C)[C@@H](C(=O)N1C[C@H](O)C[C@H]1C(=O)O)c1cc(N2CCC(CN3CCC(Oc4cc(N5CCN(c6cc(-c7ccccc7O)nnc6N)CC5)ccn4)CC3)CC2)no1. The molecule has 60 heavy (non-hydrogen) atoms. The van der Waals surface area contributed by atoms with Gasteiger partial charge in [0, 0.05) is 101 Å². The van der Waals surface area contributed by atoms with Crippen LogP contribution in [0.2, 0.25) is 0 Å². The second-order valence-electron chi connectivity index (χ2n) is 16.9. The van der Waals surface area contributed by atoms with Gasteiger partial charge < -0.3 is 54.8 Å². The molecule has 0 aliphatic carbocycles. The number of likely N-dealkylation sites (tertiary alicyclic amines) is 2. The minimum atomic E-state index is -1.11. The van der Waals surface area contributed by atoms with Crippen molar-refractivity contribution in [3.8, 4) is 22.9 Å². The molecule has 0 spiro atoms. The van der Waals surface area contributed by atoms with Gasteiger partial charge in [-0.25, -0.2) is 9.78 Å². The molecule has 8 rings (SSSR count). The minimum absolute atomic E-state index is 0.00136. The molecule has 0 saturated carbocycles. The van der Waals surface area contributed by atoms with E-state index in [-0.39, 0.29) is 36.6 Å². The Bertz CT molecular complexity index is 2110. The zero-order valence-corrected chi connectivity index (χ0v) is 34.3. The number of hydrogen-bond acceptors (Lipinski definition) is 15. The molecule has 3 aromatic heterocycles. The molecule has 3 atom stereocenters. The summed E-state index contributed by atoms with van der Waals surface area (Å²) in [6.07, 6.45) is 5.02. The molecular formula is C43H56N10O7. The number of piperazine rings is 1. The van der Waals surface area contributed by atoms with E-state index in [1.165, 1.54) is 4.90 Å². The molecule has 1 amide bonds. The summed E-state index contributed by atoms with van der Waals surface area (Å²) < 4.78 is 12.2. The van der Waals surface area contributed by atoms with Gasteiger partial charge in [-0.3, -0.25) is 4.79 Å². The fourth-order valence-corrected chi connectivity index (χ4v) is 9.20. The number of para-hydroxylation sites is 1. The lowest BCUT2D eigenvalue weighted by molar-refractivity contribution is -0.149. The fraction of sp³-hybridized carbons (Fsp3) is 0.535. The summed E-state index contributed by atoms with van der Waals surface area (Å²) in [5, 5.41) is 42.9. The van der Waals surface area contributed by atoms with Crippen molar-refractivity contribution in [1.82, 2.24) is 30.1 Å². The number of nitrogens with two attached hydrogens (primary N) is 1. The van der Waals surface area contributed by atoms with E-state index in [1.807, 2.05) is 56.4 Å². The van der Waals surface area contributed by atoms with Crippen molar-refractivity contribution >= 4 is 34.9 Å². The van der Waals surface area contributed by atoms with Gasteiger partial charge in [-0.2, -0.15) is 0 Å². The Morgan fingerprint density at radius 1 is 0.917 bits per heavy atom. The lowest BCUT2D eigenvalue weighted by Gasteiger charge is -2.38. The van der Waals surface area contributed by atoms with Gasteiger partial charge in [-0.1, -0.05) is 31.1 Å². The fourth-order valence-electron chi connectivity index (χ4n) is 9.20. The number of anilines is 4. The van der Waals surface area contributed by atoms with Crippen molar-refractivity contribution in [1.29, 1.82) is 0 Å². The number of rotatable bonds is 12. The number of β-amino-alcohol motifs (C(OH)–C–C–N with tert-alkyl or cyclic N) is 1. The predicted octanol–water partition coefficient (Wildman–Crippen LogP) is 3.69. The number of aliphatic hydroxyl groups is 1. The standard InChI is InChI=1S/C43H56N10O7/c1-27(2)40(42(56)53-26-30(54)22-35(53)43(57)58)37-24-38(48-60-37)52-15-8-28(9-16-52)25-49-13-10-31(11-14-49)59-39-21-29(7-12-45-39)50-17-19-51(20-18-50)34-23-33(46-47-41(34)44)32-5-3-4-6-36(32)55/h3-7,12,21,23-24,27-28,30-31,35,40,54-55H,8-11,13-20,22,25-26H2,1-2H3,(H2,44,47)(H,57,58)/t30-,35+,40-/m1/s1. The molecule has 4 fully saturated rings. The van der Waals surface area contributed by atoms with E-state index in [2.05, 4.69) is 39.9 Å². The molecule has 4 aliphatic heterocycles. The first-order valence-corrected chi connectivity index (χ1v) is 21.2. The zero-order valence-electron chi connectivity index (χ0n) is 34.3. The third kappa shape index (κ3) is 9.06. The highest BCUT2D eigenvalue weighted by Crippen LogP contribution is 2.35. The third-order valence-electron chi connectivity index (χ3n) is 12.6. The molecule has 5 N–H and O–H groups in total. The summed E-state index contributed by atoms with van der Waals surface area (Å²) >= 11 is 0. The van der Waals surface area contributed by atoms with Gasteiger partial charge in [-0.15, -0.1) is 10.2 Å².